The van der Waals surface area contributed by atoms with Crippen LogP contribution in [-0.2, 0) is 11.4 Å². The summed E-state index contributed by atoms with van der Waals surface area (Å²) in [7, 11) is 0. The number of benzene rings is 3. The molecule has 2 N–H and O–H groups in total. The third kappa shape index (κ3) is 6.57. The molecule has 1 fully saturated rings. The molecule has 0 saturated carbocycles. The van der Waals surface area contributed by atoms with Crippen molar-refractivity contribution in [1.29, 1.82) is 0 Å². The molecule has 1 aliphatic rings. The van der Waals surface area contributed by atoms with E-state index in [-0.39, 0.29) is 18.6 Å². The van der Waals surface area contributed by atoms with E-state index < -0.39 is 5.60 Å². The van der Waals surface area contributed by atoms with E-state index in [1.54, 1.807) is 6.92 Å². The number of nitrogens with one attached hydrogen (secondary N) is 1. The van der Waals surface area contributed by atoms with Crippen LogP contribution in [0.3, 0.4) is 0 Å². The lowest BCUT2D eigenvalue weighted by Crippen LogP contribution is -2.58. The molecule has 2 atom stereocenters. The van der Waals surface area contributed by atoms with Gasteiger partial charge in [-0.05, 0) is 55.3 Å². The summed E-state index contributed by atoms with van der Waals surface area (Å²) in [4.78, 5) is 14.5. The summed E-state index contributed by atoms with van der Waals surface area (Å²) in [6.45, 7) is 3.51. The number of hydrogen-bond acceptors (Lipinski definition) is 5. The Labute approximate surface area is 194 Å². The smallest absolute Gasteiger partial charge is 0.238 e. The predicted octanol–water partition coefficient (Wildman–Crippen LogP) is 4.11. The molecule has 33 heavy (non-hydrogen) atoms. The lowest BCUT2D eigenvalue weighted by Gasteiger charge is -2.42. The number of carbonyl (C=O) groups excluding carboxylic acids is 1. The molecule has 0 unspecified atom stereocenters. The first kappa shape index (κ1) is 22.8. The molecule has 172 valence electrons. The van der Waals surface area contributed by atoms with Crippen molar-refractivity contribution in [3.8, 4) is 11.5 Å². The van der Waals surface area contributed by atoms with Crippen LogP contribution in [0.25, 0.3) is 0 Å². The largest absolute Gasteiger partial charge is 0.489 e. The molecule has 0 aliphatic carbocycles. The van der Waals surface area contributed by atoms with Crippen molar-refractivity contribution in [3.63, 3.8) is 0 Å². The third-order valence-corrected chi connectivity index (χ3v) is 5.72. The summed E-state index contributed by atoms with van der Waals surface area (Å²) in [5.74, 6) is 1.37. The lowest BCUT2D eigenvalue weighted by atomic mass is 9.91. The van der Waals surface area contributed by atoms with Gasteiger partial charge in [0.1, 0.15) is 29.8 Å². The predicted molar refractivity (Wildman–Crippen MR) is 128 cm³/mol. The maximum absolute atomic E-state index is 12.6. The number of piperidine rings is 1. The fraction of sp³-hybridized carbons (Fsp3) is 0.296. The fourth-order valence-corrected chi connectivity index (χ4v) is 4.01. The molecule has 4 rings (SSSR count). The van der Waals surface area contributed by atoms with Gasteiger partial charge in [-0.15, -0.1) is 0 Å². The topological polar surface area (TPSA) is 71.0 Å². The van der Waals surface area contributed by atoms with Gasteiger partial charge in [-0.3, -0.25) is 9.69 Å². The van der Waals surface area contributed by atoms with Crippen LogP contribution in [0.4, 0.5) is 5.69 Å². The summed E-state index contributed by atoms with van der Waals surface area (Å²) in [5, 5.41) is 13.8. The molecular formula is C27H30N2O4. The van der Waals surface area contributed by atoms with Gasteiger partial charge in [0.25, 0.3) is 0 Å². The first-order valence-corrected chi connectivity index (χ1v) is 11.2. The molecule has 1 aliphatic heterocycles. The highest BCUT2D eigenvalue weighted by atomic mass is 16.5. The highest BCUT2D eigenvalue weighted by molar-refractivity contribution is 5.92. The van der Waals surface area contributed by atoms with E-state index in [9.17, 15) is 9.90 Å². The highest BCUT2D eigenvalue weighted by Gasteiger charge is 2.40. The minimum atomic E-state index is -1.05. The SMILES string of the molecule is C[C@]1(O)CN(CC(=O)Nc2ccc(OCc3ccccc3)cc2)CC[C@@H]1Oc1ccccc1. The van der Waals surface area contributed by atoms with Crippen molar-refractivity contribution in [2.75, 3.05) is 25.0 Å². The fourth-order valence-electron chi connectivity index (χ4n) is 4.01. The third-order valence-electron chi connectivity index (χ3n) is 5.72. The Bertz CT molecular complexity index is 1020. The van der Waals surface area contributed by atoms with Crippen molar-refractivity contribution in [2.45, 2.75) is 31.7 Å². The van der Waals surface area contributed by atoms with E-state index in [4.69, 9.17) is 9.47 Å². The summed E-state index contributed by atoms with van der Waals surface area (Å²) in [5.41, 5.74) is 0.761. The number of ether oxygens (including phenoxy) is 2. The van der Waals surface area contributed by atoms with Crippen molar-refractivity contribution < 1.29 is 19.4 Å². The minimum Gasteiger partial charge on any atom is -0.489 e. The number of rotatable bonds is 8. The number of para-hydroxylation sites is 1. The number of amides is 1. The van der Waals surface area contributed by atoms with Gasteiger partial charge in [0.05, 0.1) is 6.54 Å². The summed E-state index contributed by atoms with van der Waals surface area (Å²) < 4.78 is 11.8. The Morgan fingerprint density at radius 2 is 1.67 bits per heavy atom. The van der Waals surface area contributed by atoms with Crippen molar-refractivity contribution in [2.24, 2.45) is 0 Å². The van der Waals surface area contributed by atoms with Crippen LogP contribution in [0.15, 0.2) is 84.9 Å². The Morgan fingerprint density at radius 3 is 2.33 bits per heavy atom. The number of β-amino-alcohol motifs (C(OH)–C–C–N with tert-alkyl or cyclic N) is 1. The van der Waals surface area contributed by atoms with Gasteiger partial charge >= 0.3 is 0 Å². The van der Waals surface area contributed by atoms with E-state index in [1.165, 1.54) is 0 Å². The Kier molecular flexibility index (Phi) is 7.27. The average Bonchev–Trinajstić information content (AvgIpc) is 2.81. The van der Waals surface area contributed by atoms with Crippen molar-refractivity contribution in [1.82, 2.24) is 4.90 Å². The van der Waals surface area contributed by atoms with Gasteiger partial charge in [-0.1, -0.05) is 48.5 Å². The van der Waals surface area contributed by atoms with E-state index in [0.717, 1.165) is 17.1 Å². The Balaban J connectivity index is 1.24. The van der Waals surface area contributed by atoms with Crippen molar-refractivity contribution in [3.05, 3.63) is 90.5 Å². The normalized spacial score (nSPS) is 20.7. The molecule has 0 radical (unpaired) electrons. The molecule has 6 nitrogen and oxygen atoms in total. The van der Waals surface area contributed by atoms with Crippen LogP contribution in [0.5, 0.6) is 11.5 Å². The summed E-state index contributed by atoms with van der Waals surface area (Å²) in [6.07, 6.45) is 0.324. The second-order valence-electron chi connectivity index (χ2n) is 8.62. The maximum atomic E-state index is 12.6. The van der Waals surface area contributed by atoms with Crippen LogP contribution in [0, 0.1) is 0 Å². The highest BCUT2D eigenvalue weighted by Crippen LogP contribution is 2.26. The van der Waals surface area contributed by atoms with Crippen LogP contribution in [0.1, 0.15) is 18.9 Å². The second-order valence-corrected chi connectivity index (χ2v) is 8.62. The zero-order valence-corrected chi connectivity index (χ0v) is 18.8. The van der Waals surface area contributed by atoms with Gasteiger partial charge in [0.15, 0.2) is 0 Å². The van der Waals surface area contributed by atoms with E-state index in [1.807, 2.05) is 89.8 Å². The lowest BCUT2D eigenvalue weighted by molar-refractivity contribution is -0.123. The van der Waals surface area contributed by atoms with Crippen LogP contribution in [-0.4, -0.2) is 47.3 Å². The summed E-state index contributed by atoms with van der Waals surface area (Å²) >= 11 is 0. The van der Waals surface area contributed by atoms with Gasteiger partial charge in [0.2, 0.25) is 5.91 Å². The molecule has 3 aromatic rings. The summed E-state index contributed by atoms with van der Waals surface area (Å²) in [6, 6.07) is 26.8. The quantitative estimate of drug-likeness (QED) is 0.545. The molecule has 0 spiro atoms. The van der Waals surface area contributed by atoms with E-state index in [2.05, 4.69) is 5.32 Å². The molecule has 1 heterocycles. The average molecular weight is 447 g/mol. The van der Waals surface area contributed by atoms with Crippen LogP contribution >= 0.6 is 0 Å². The molecule has 0 aromatic heterocycles. The van der Waals surface area contributed by atoms with Gasteiger partial charge in [0, 0.05) is 18.8 Å². The number of carbonyl (C=O) groups is 1. The van der Waals surface area contributed by atoms with Crippen molar-refractivity contribution >= 4 is 11.6 Å². The molecule has 6 heteroatoms. The van der Waals surface area contributed by atoms with Gasteiger partial charge < -0.3 is 19.9 Å². The Morgan fingerprint density at radius 1 is 1.00 bits per heavy atom. The first-order valence-electron chi connectivity index (χ1n) is 11.2. The number of aliphatic hydroxyl groups is 1. The molecule has 1 amide bonds. The zero-order valence-electron chi connectivity index (χ0n) is 18.8. The monoisotopic (exact) mass is 446 g/mol. The maximum Gasteiger partial charge on any atom is 0.238 e. The van der Waals surface area contributed by atoms with Gasteiger partial charge in [-0.2, -0.15) is 0 Å². The Hall–Kier alpha value is -3.35. The molecule has 0 bridgehead atoms. The van der Waals surface area contributed by atoms with E-state index in [0.29, 0.717) is 31.8 Å². The number of likely N-dealkylation sites (tertiary alicyclic amines) is 1. The number of nitrogens with zero attached hydrogens (tertiary/aromatic N) is 1. The van der Waals surface area contributed by atoms with Crippen LogP contribution < -0.4 is 14.8 Å². The molecule has 3 aromatic carbocycles. The molecule has 1 saturated heterocycles. The standard InChI is InChI=1S/C27H30N2O4/c1-27(31)20-29(17-16-25(27)33-24-10-6-3-7-11-24)18-26(30)28-22-12-14-23(15-13-22)32-19-21-8-4-2-5-9-21/h2-15,25,31H,16-20H2,1H3,(H,28,30)/t25-,27-/m0/s1. The first-order chi connectivity index (χ1) is 16.0. The van der Waals surface area contributed by atoms with E-state index >= 15 is 0 Å². The number of anilines is 1. The second kappa shape index (κ2) is 10.5. The van der Waals surface area contributed by atoms with Crippen LogP contribution in [0.2, 0.25) is 0 Å². The molecular weight excluding hydrogens is 416 g/mol. The van der Waals surface area contributed by atoms with Gasteiger partial charge in [-0.25, -0.2) is 0 Å². The minimum absolute atomic E-state index is 0.119. The zero-order chi connectivity index (χ0) is 23.1. The number of hydrogen-bond donors (Lipinski definition) is 2.